The molecule has 0 fully saturated rings. The van der Waals surface area contributed by atoms with Gasteiger partial charge in [0.05, 0.1) is 6.61 Å². The molecule has 110 valence electrons. The van der Waals surface area contributed by atoms with Gasteiger partial charge in [0, 0.05) is 25.7 Å². The monoisotopic (exact) mass is 258 g/mol. The van der Waals surface area contributed by atoms with Gasteiger partial charge in [-0.25, -0.2) is 0 Å². The molecule has 0 aliphatic carbocycles. The molecule has 2 unspecified atom stereocenters. The predicted molar refractivity (Wildman–Crippen MR) is 80.2 cm³/mol. The van der Waals surface area contributed by atoms with E-state index in [1.165, 1.54) is 32.2 Å². The third-order valence-corrected chi connectivity index (χ3v) is 3.68. The van der Waals surface area contributed by atoms with Gasteiger partial charge in [0.25, 0.3) is 0 Å². The Morgan fingerprint density at radius 1 is 1.11 bits per heavy atom. The largest absolute Gasteiger partial charge is 0.383 e. The second-order valence-corrected chi connectivity index (χ2v) is 5.24. The summed E-state index contributed by atoms with van der Waals surface area (Å²) in [5.41, 5.74) is 0. The highest BCUT2D eigenvalue weighted by atomic mass is 16.5. The van der Waals surface area contributed by atoms with Crippen molar-refractivity contribution in [3.63, 3.8) is 0 Å². The molecule has 3 heteroatoms. The van der Waals surface area contributed by atoms with Crippen LogP contribution in [0.4, 0.5) is 0 Å². The number of unbranched alkanes of at least 4 members (excludes halogenated alkanes) is 1. The average Bonchev–Trinajstić information content (AvgIpc) is 2.37. The molecular formula is C15H34N2O. The van der Waals surface area contributed by atoms with Crippen LogP contribution in [0, 0.1) is 0 Å². The highest BCUT2D eigenvalue weighted by Gasteiger charge is 2.11. The molecule has 0 aliphatic heterocycles. The Bertz CT molecular complexity index is 176. The molecule has 0 saturated heterocycles. The molecule has 0 spiro atoms. The standard InChI is InChI=1S/C15H34N2O/c1-6-15(4)17(12-13-18-5)11-9-8-10-14(3)16-7-2/h14-16H,6-13H2,1-5H3. The Balaban J connectivity index is 3.74. The molecule has 1 N–H and O–H groups in total. The zero-order valence-electron chi connectivity index (χ0n) is 13.2. The second-order valence-electron chi connectivity index (χ2n) is 5.24. The number of hydrogen-bond acceptors (Lipinski definition) is 3. The van der Waals surface area contributed by atoms with Gasteiger partial charge in [-0.15, -0.1) is 0 Å². The molecule has 0 saturated carbocycles. The molecule has 0 aromatic rings. The van der Waals surface area contributed by atoms with Crippen LogP contribution in [-0.2, 0) is 4.74 Å². The van der Waals surface area contributed by atoms with Crippen molar-refractivity contribution in [3.05, 3.63) is 0 Å². The lowest BCUT2D eigenvalue weighted by Crippen LogP contribution is -2.36. The van der Waals surface area contributed by atoms with Crippen LogP contribution in [0.5, 0.6) is 0 Å². The molecule has 0 rings (SSSR count). The number of rotatable bonds is 12. The molecule has 0 heterocycles. The van der Waals surface area contributed by atoms with Crippen molar-refractivity contribution in [3.8, 4) is 0 Å². The zero-order valence-corrected chi connectivity index (χ0v) is 13.2. The molecule has 0 aromatic heterocycles. The Morgan fingerprint density at radius 3 is 2.39 bits per heavy atom. The third-order valence-electron chi connectivity index (χ3n) is 3.68. The van der Waals surface area contributed by atoms with Gasteiger partial charge in [0.15, 0.2) is 0 Å². The number of ether oxygens (including phenoxy) is 1. The van der Waals surface area contributed by atoms with Gasteiger partial charge in [-0.1, -0.05) is 20.3 Å². The minimum Gasteiger partial charge on any atom is -0.383 e. The van der Waals surface area contributed by atoms with E-state index in [-0.39, 0.29) is 0 Å². The van der Waals surface area contributed by atoms with Gasteiger partial charge in [-0.2, -0.15) is 0 Å². The van der Waals surface area contributed by atoms with Crippen molar-refractivity contribution < 1.29 is 4.74 Å². The quantitative estimate of drug-likeness (QED) is 0.545. The zero-order chi connectivity index (χ0) is 13.8. The summed E-state index contributed by atoms with van der Waals surface area (Å²) in [5.74, 6) is 0. The van der Waals surface area contributed by atoms with E-state index in [0.29, 0.717) is 12.1 Å². The molecular weight excluding hydrogens is 224 g/mol. The summed E-state index contributed by atoms with van der Waals surface area (Å²) in [6, 6.07) is 1.33. The highest BCUT2D eigenvalue weighted by Crippen LogP contribution is 2.07. The Hall–Kier alpha value is -0.120. The molecule has 0 aromatic carbocycles. The van der Waals surface area contributed by atoms with Crippen molar-refractivity contribution in [2.45, 2.75) is 65.5 Å². The maximum absolute atomic E-state index is 5.19. The van der Waals surface area contributed by atoms with Gasteiger partial charge in [0.2, 0.25) is 0 Å². The lowest BCUT2D eigenvalue weighted by molar-refractivity contribution is 0.121. The summed E-state index contributed by atoms with van der Waals surface area (Å²) in [5, 5.41) is 3.47. The summed E-state index contributed by atoms with van der Waals surface area (Å²) in [6.07, 6.45) is 5.11. The average molecular weight is 258 g/mol. The number of nitrogens with one attached hydrogen (secondary N) is 1. The normalized spacial score (nSPS) is 15.0. The van der Waals surface area contributed by atoms with E-state index in [1.807, 2.05) is 0 Å². The fourth-order valence-electron chi connectivity index (χ4n) is 2.24. The van der Waals surface area contributed by atoms with Crippen LogP contribution in [0.2, 0.25) is 0 Å². The topological polar surface area (TPSA) is 24.5 Å². The van der Waals surface area contributed by atoms with Crippen LogP contribution >= 0.6 is 0 Å². The molecule has 18 heavy (non-hydrogen) atoms. The maximum Gasteiger partial charge on any atom is 0.0589 e. The Labute approximate surface area is 114 Å². The molecule has 0 bridgehead atoms. The van der Waals surface area contributed by atoms with E-state index in [4.69, 9.17) is 4.74 Å². The van der Waals surface area contributed by atoms with Gasteiger partial charge >= 0.3 is 0 Å². The SMILES string of the molecule is CCNC(C)CCCCN(CCOC)C(C)CC. The first-order valence-electron chi connectivity index (χ1n) is 7.62. The summed E-state index contributed by atoms with van der Waals surface area (Å²) < 4.78 is 5.19. The minimum atomic E-state index is 0.658. The molecule has 3 nitrogen and oxygen atoms in total. The van der Waals surface area contributed by atoms with E-state index in [9.17, 15) is 0 Å². The van der Waals surface area contributed by atoms with Crippen LogP contribution in [0.1, 0.15) is 53.4 Å². The Kier molecular flexibility index (Phi) is 11.9. The summed E-state index contributed by atoms with van der Waals surface area (Å²) in [7, 11) is 1.78. The number of hydrogen-bond donors (Lipinski definition) is 1. The minimum absolute atomic E-state index is 0.658. The first-order chi connectivity index (χ1) is 8.65. The maximum atomic E-state index is 5.19. The van der Waals surface area contributed by atoms with Crippen molar-refractivity contribution in [2.24, 2.45) is 0 Å². The smallest absolute Gasteiger partial charge is 0.0589 e. The van der Waals surface area contributed by atoms with Crippen LogP contribution in [-0.4, -0.2) is 50.3 Å². The number of nitrogens with zero attached hydrogens (tertiary/aromatic N) is 1. The predicted octanol–water partition coefficient (Wildman–Crippen LogP) is 2.90. The van der Waals surface area contributed by atoms with Crippen LogP contribution < -0.4 is 5.32 Å². The fourth-order valence-corrected chi connectivity index (χ4v) is 2.24. The van der Waals surface area contributed by atoms with Gasteiger partial charge < -0.3 is 10.1 Å². The van der Waals surface area contributed by atoms with Gasteiger partial charge in [-0.3, -0.25) is 4.90 Å². The lowest BCUT2D eigenvalue weighted by Gasteiger charge is -2.28. The van der Waals surface area contributed by atoms with E-state index in [0.717, 1.165) is 19.7 Å². The molecule has 0 aliphatic rings. The lowest BCUT2D eigenvalue weighted by atomic mass is 10.1. The summed E-state index contributed by atoms with van der Waals surface area (Å²) >= 11 is 0. The van der Waals surface area contributed by atoms with Crippen LogP contribution in [0.15, 0.2) is 0 Å². The summed E-state index contributed by atoms with van der Waals surface area (Å²) in [4.78, 5) is 2.56. The van der Waals surface area contributed by atoms with E-state index in [2.05, 4.69) is 37.9 Å². The molecule has 0 amide bonds. The van der Waals surface area contributed by atoms with Gasteiger partial charge in [-0.05, 0) is 46.2 Å². The van der Waals surface area contributed by atoms with Crippen molar-refractivity contribution in [2.75, 3.05) is 33.4 Å². The molecule has 2 atom stereocenters. The first-order valence-corrected chi connectivity index (χ1v) is 7.62. The van der Waals surface area contributed by atoms with Crippen LogP contribution in [0.3, 0.4) is 0 Å². The van der Waals surface area contributed by atoms with Gasteiger partial charge in [0.1, 0.15) is 0 Å². The third kappa shape index (κ3) is 8.90. The Morgan fingerprint density at radius 2 is 1.83 bits per heavy atom. The van der Waals surface area contributed by atoms with E-state index >= 15 is 0 Å². The summed E-state index contributed by atoms with van der Waals surface area (Å²) in [6.45, 7) is 13.2. The second kappa shape index (κ2) is 11.9. The number of methoxy groups -OCH3 is 1. The fraction of sp³-hybridized carbons (Fsp3) is 1.00. The van der Waals surface area contributed by atoms with Crippen molar-refractivity contribution in [1.82, 2.24) is 10.2 Å². The van der Waals surface area contributed by atoms with E-state index < -0.39 is 0 Å². The van der Waals surface area contributed by atoms with Crippen molar-refractivity contribution >= 4 is 0 Å². The van der Waals surface area contributed by atoms with Crippen LogP contribution in [0.25, 0.3) is 0 Å². The highest BCUT2D eigenvalue weighted by molar-refractivity contribution is 4.67. The first kappa shape index (κ1) is 17.9. The molecule has 0 radical (unpaired) electrons. The van der Waals surface area contributed by atoms with Crippen molar-refractivity contribution in [1.29, 1.82) is 0 Å². The van der Waals surface area contributed by atoms with E-state index in [1.54, 1.807) is 7.11 Å².